The Bertz CT molecular complexity index is 777. The number of carbonyl (C=O) groups is 2. The van der Waals surface area contributed by atoms with Gasteiger partial charge in [-0.3, -0.25) is 9.59 Å². The van der Waals surface area contributed by atoms with Crippen molar-refractivity contribution in [1.82, 2.24) is 9.47 Å². The maximum atomic E-state index is 12.2. The van der Waals surface area contributed by atoms with Gasteiger partial charge < -0.3 is 9.47 Å². The van der Waals surface area contributed by atoms with Crippen molar-refractivity contribution in [2.75, 3.05) is 14.1 Å². The molecule has 2 amide bonds. The highest BCUT2D eigenvalue weighted by Gasteiger charge is 2.11. The summed E-state index contributed by atoms with van der Waals surface area (Å²) in [5.41, 5.74) is 1.31. The third kappa shape index (κ3) is 3.84. The lowest BCUT2D eigenvalue weighted by atomic mass is 10.2. The van der Waals surface area contributed by atoms with Crippen LogP contribution in [-0.4, -0.2) is 35.4 Å². The highest BCUT2D eigenvalue weighted by Crippen LogP contribution is 2.11. The molecule has 0 radical (unpaired) electrons. The second-order valence-electron chi connectivity index (χ2n) is 4.96. The van der Waals surface area contributed by atoms with Crippen LogP contribution >= 0.6 is 22.9 Å². The molecule has 2 aromatic rings. The first-order valence-electron chi connectivity index (χ1n) is 6.58. The fourth-order valence-electron chi connectivity index (χ4n) is 1.74. The predicted octanol–water partition coefficient (Wildman–Crippen LogP) is 2.34. The molecular weight excluding hydrogens is 322 g/mol. The van der Waals surface area contributed by atoms with Crippen LogP contribution in [0, 0.1) is 6.92 Å². The number of hydrogen-bond acceptors (Lipinski definition) is 3. The lowest BCUT2D eigenvalue weighted by molar-refractivity contribution is -0.129. The third-order valence-corrected chi connectivity index (χ3v) is 4.27. The van der Waals surface area contributed by atoms with E-state index in [0.717, 1.165) is 5.69 Å². The molecule has 1 aromatic heterocycles. The number of nitrogens with zero attached hydrogens (tertiary/aromatic N) is 3. The van der Waals surface area contributed by atoms with Gasteiger partial charge in [-0.05, 0) is 25.1 Å². The second kappa shape index (κ2) is 6.89. The molecule has 2 rings (SSSR count). The third-order valence-electron chi connectivity index (χ3n) is 3.05. The number of likely N-dealkylation sites (N-methyl/N-ethyl adjacent to an activating group) is 1. The van der Waals surface area contributed by atoms with E-state index in [9.17, 15) is 9.59 Å². The Morgan fingerprint density at radius 2 is 2.09 bits per heavy atom. The van der Waals surface area contributed by atoms with Gasteiger partial charge in [-0.15, -0.1) is 11.3 Å². The molecule has 0 unspecified atom stereocenters. The second-order valence-corrected chi connectivity index (χ2v) is 6.23. The molecule has 5 nitrogen and oxygen atoms in total. The van der Waals surface area contributed by atoms with Gasteiger partial charge in [-0.1, -0.05) is 17.7 Å². The normalized spacial score (nSPS) is 11.5. The number of aryl methyl sites for hydroxylation is 1. The Labute approximate surface area is 137 Å². The van der Waals surface area contributed by atoms with Gasteiger partial charge in [0.1, 0.15) is 6.54 Å². The summed E-state index contributed by atoms with van der Waals surface area (Å²) in [5, 5.41) is 2.35. The Morgan fingerprint density at radius 3 is 2.73 bits per heavy atom. The van der Waals surface area contributed by atoms with Gasteiger partial charge in [0.05, 0.1) is 0 Å². The highest BCUT2D eigenvalue weighted by atomic mass is 35.5. The van der Waals surface area contributed by atoms with Crippen molar-refractivity contribution >= 4 is 34.8 Å². The maximum Gasteiger partial charge on any atom is 0.279 e. The van der Waals surface area contributed by atoms with Crippen LogP contribution in [-0.2, 0) is 11.3 Å². The average molecular weight is 338 g/mol. The van der Waals surface area contributed by atoms with E-state index in [1.807, 2.05) is 12.3 Å². The van der Waals surface area contributed by atoms with Gasteiger partial charge in [0.2, 0.25) is 5.91 Å². The van der Waals surface area contributed by atoms with Crippen molar-refractivity contribution in [3.63, 3.8) is 0 Å². The number of benzene rings is 1. The summed E-state index contributed by atoms with van der Waals surface area (Å²) < 4.78 is 1.73. The van der Waals surface area contributed by atoms with E-state index in [1.165, 1.54) is 16.2 Å². The van der Waals surface area contributed by atoms with Crippen molar-refractivity contribution in [3.8, 4) is 0 Å². The first-order chi connectivity index (χ1) is 10.4. The summed E-state index contributed by atoms with van der Waals surface area (Å²) in [6.07, 6.45) is 0. The summed E-state index contributed by atoms with van der Waals surface area (Å²) in [7, 11) is 3.39. The number of carbonyl (C=O) groups excluding carboxylic acids is 2. The fourth-order valence-corrected chi connectivity index (χ4v) is 2.81. The summed E-state index contributed by atoms with van der Waals surface area (Å²) in [4.78, 5) is 30.2. The van der Waals surface area contributed by atoms with E-state index in [4.69, 9.17) is 11.6 Å². The average Bonchev–Trinajstić information content (AvgIpc) is 2.80. The first-order valence-corrected chi connectivity index (χ1v) is 7.84. The molecule has 22 heavy (non-hydrogen) atoms. The summed E-state index contributed by atoms with van der Waals surface area (Å²) in [6.45, 7) is 2.03. The molecule has 0 aliphatic heterocycles. The minimum absolute atomic E-state index is 0.0573. The largest absolute Gasteiger partial charge is 0.347 e. The number of halogens is 1. The van der Waals surface area contributed by atoms with Gasteiger partial charge in [-0.25, -0.2) is 0 Å². The molecule has 0 N–H and O–H groups in total. The molecule has 7 heteroatoms. The Morgan fingerprint density at radius 1 is 1.36 bits per heavy atom. The standard InChI is InChI=1S/C15H16ClN3O2S/c1-10-9-22-15(19(10)8-13(20)18(2)3)17-14(21)11-5-4-6-12(16)7-11/h4-7,9H,8H2,1-3H3. The molecule has 0 fully saturated rings. The molecule has 0 atom stereocenters. The number of aromatic nitrogens is 1. The highest BCUT2D eigenvalue weighted by molar-refractivity contribution is 7.07. The van der Waals surface area contributed by atoms with Crippen LogP contribution < -0.4 is 4.80 Å². The number of amides is 2. The molecule has 0 aliphatic rings. The Kier molecular flexibility index (Phi) is 5.15. The lowest BCUT2D eigenvalue weighted by Gasteiger charge is -2.11. The van der Waals surface area contributed by atoms with Crippen LogP contribution in [0.3, 0.4) is 0 Å². The van der Waals surface area contributed by atoms with Crippen LogP contribution in [0.15, 0.2) is 34.6 Å². The number of thiazole rings is 1. The molecule has 0 bridgehead atoms. The van der Waals surface area contributed by atoms with Gasteiger partial charge in [0, 0.05) is 35.8 Å². The smallest absolute Gasteiger partial charge is 0.279 e. The van der Waals surface area contributed by atoms with E-state index in [2.05, 4.69) is 4.99 Å². The van der Waals surface area contributed by atoms with E-state index in [-0.39, 0.29) is 18.4 Å². The minimum atomic E-state index is -0.379. The van der Waals surface area contributed by atoms with E-state index >= 15 is 0 Å². The molecular formula is C15H16ClN3O2S. The van der Waals surface area contributed by atoms with Crippen molar-refractivity contribution in [1.29, 1.82) is 0 Å². The topological polar surface area (TPSA) is 54.7 Å². The Hall–Kier alpha value is -1.92. The molecule has 0 aliphatic carbocycles. The molecule has 0 spiro atoms. The summed E-state index contributed by atoms with van der Waals surface area (Å²) >= 11 is 7.21. The fraction of sp³-hybridized carbons (Fsp3) is 0.267. The lowest BCUT2D eigenvalue weighted by Crippen LogP contribution is -2.30. The van der Waals surface area contributed by atoms with Crippen LogP contribution in [0.5, 0.6) is 0 Å². The Balaban J connectivity index is 2.36. The van der Waals surface area contributed by atoms with E-state index in [0.29, 0.717) is 15.4 Å². The first kappa shape index (κ1) is 16.5. The molecule has 0 saturated carbocycles. The summed E-state index contributed by atoms with van der Waals surface area (Å²) in [6, 6.07) is 6.63. The van der Waals surface area contributed by atoms with E-state index in [1.54, 1.807) is 42.9 Å². The zero-order valence-electron chi connectivity index (χ0n) is 12.5. The van der Waals surface area contributed by atoms with Crippen LogP contribution in [0.1, 0.15) is 16.1 Å². The van der Waals surface area contributed by atoms with E-state index < -0.39 is 0 Å². The van der Waals surface area contributed by atoms with Crippen LogP contribution in [0.2, 0.25) is 5.02 Å². The van der Waals surface area contributed by atoms with Gasteiger partial charge in [-0.2, -0.15) is 4.99 Å². The molecule has 0 saturated heterocycles. The van der Waals surface area contributed by atoms with Crippen molar-refractivity contribution in [2.45, 2.75) is 13.5 Å². The van der Waals surface area contributed by atoms with Crippen molar-refractivity contribution in [2.24, 2.45) is 4.99 Å². The SMILES string of the molecule is Cc1csc(=NC(=O)c2cccc(Cl)c2)n1CC(=O)N(C)C. The quantitative estimate of drug-likeness (QED) is 0.863. The molecule has 1 aromatic carbocycles. The zero-order chi connectivity index (χ0) is 16.3. The summed E-state index contributed by atoms with van der Waals surface area (Å²) in [5.74, 6) is -0.437. The van der Waals surface area contributed by atoms with Gasteiger partial charge in [0.25, 0.3) is 5.91 Å². The minimum Gasteiger partial charge on any atom is -0.347 e. The zero-order valence-corrected chi connectivity index (χ0v) is 14.1. The maximum absolute atomic E-state index is 12.2. The number of hydrogen-bond donors (Lipinski definition) is 0. The van der Waals surface area contributed by atoms with Crippen LogP contribution in [0.25, 0.3) is 0 Å². The van der Waals surface area contributed by atoms with Crippen molar-refractivity contribution < 1.29 is 9.59 Å². The van der Waals surface area contributed by atoms with Gasteiger partial charge >= 0.3 is 0 Å². The molecule has 116 valence electrons. The number of rotatable bonds is 3. The van der Waals surface area contributed by atoms with Crippen molar-refractivity contribution in [3.05, 3.63) is 50.7 Å². The predicted molar refractivity (Wildman–Crippen MR) is 87.1 cm³/mol. The monoisotopic (exact) mass is 337 g/mol. The van der Waals surface area contributed by atoms with Gasteiger partial charge in [0.15, 0.2) is 4.80 Å². The molecule has 1 heterocycles. The van der Waals surface area contributed by atoms with Crippen LogP contribution in [0.4, 0.5) is 0 Å².